The molecular weight excluding hydrogens is 499 g/mol. The lowest BCUT2D eigenvalue weighted by Crippen LogP contribution is -2.52. The first-order valence-electron chi connectivity index (χ1n) is 12.3. The number of hydrogen-bond acceptors (Lipinski definition) is 6. The number of nitrogens with one attached hydrogen (secondary N) is 2. The Balaban J connectivity index is 1.30. The average molecular weight is 529 g/mol. The van der Waals surface area contributed by atoms with Gasteiger partial charge in [0.2, 0.25) is 21.8 Å². The molecule has 2 saturated heterocycles. The van der Waals surface area contributed by atoms with Crippen LogP contribution in [0, 0.1) is 5.82 Å². The Morgan fingerprint density at radius 2 is 1.81 bits per heavy atom. The zero-order valence-corrected chi connectivity index (χ0v) is 21.3. The number of para-hydroxylation sites is 1. The number of sulfonamides is 1. The number of halogens is 1. The summed E-state index contributed by atoms with van der Waals surface area (Å²) in [6.07, 6.45) is 3.06. The quantitative estimate of drug-likeness (QED) is 0.556. The number of carbonyl (C=O) groups excluding carboxylic acids is 3. The van der Waals surface area contributed by atoms with Gasteiger partial charge in [0.25, 0.3) is 5.91 Å². The molecule has 0 aromatic heterocycles. The monoisotopic (exact) mass is 528 g/mol. The zero-order chi connectivity index (χ0) is 26.3. The highest BCUT2D eigenvalue weighted by molar-refractivity contribution is 7.92. The minimum absolute atomic E-state index is 0.0552. The highest BCUT2D eigenvalue weighted by Crippen LogP contribution is 2.38. The smallest absolute Gasteiger partial charge is 0.255 e. The second-order valence-corrected chi connectivity index (χ2v) is 11.8. The van der Waals surface area contributed by atoms with Crippen LogP contribution in [0.25, 0.3) is 0 Å². The predicted molar refractivity (Wildman–Crippen MR) is 135 cm³/mol. The van der Waals surface area contributed by atoms with Crippen molar-refractivity contribution >= 4 is 33.4 Å². The first kappa shape index (κ1) is 25.3. The third kappa shape index (κ3) is 5.37. The fourth-order valence-corrected chi connectivity index (χ4v) is 6.22. The van der Waals surface area contributed by atoms with Gasteiger partial charge >= 0.3 is 0 Å². The van der Waals surface area contributed by atoms with E-state index in [-0.39, 0.29) is 37.1 Å². The zero-order valence-electron chi connectivity index (χ0n) is 20.5. The van der Waals surface area contributed by atoms with Gasteiger partial charge in [-0.1, -0.05) is 18.2 Å². The van der Waals surface area contributed by atoms with Crippen molar-refractivity contribution in [3.8, 4) is 0 Å². The Labute approximate surface area is 215 Å². The molecule has 3 amide bonds. The van der Waals surface area contributed by atoms with Gasteiger partial charge in [0.1, 0.15) is 11.9 Å². The topological polar surface area (TPSA) is 116 Å². The molecule has 2 aromatic rings. The van der Waals surface area contributed by atoms with Gasteiger partial charge in [-0.15, -0.1) is 0 Å². The van der Waals surface area contributed by atoms with Gasteiger partial charge in [-0.2, -0.15) is 0 Å². The van der Waals surface area contributed by atoms with Gasteiger partial charge in [-0.3, -0.25) is 29.3 Å². The Hall–Kier alpha value is -3.31. The molecule has 11 heteroatoms. The molecule has 0 radical (unpaired) electrons. The van der Waals surface area contributed by atoms with Crippen molar-refractivity contribution in [3.05, 3.63) is 64.5 Å². The van der Waals surface area contributed by atoms with Crippen molar-refractivity contribution in [3.63, 3.8) is 0 Å². The van der Waals surface area contributed by atoms with Gasteiger partial charge in [0, 0.05) is 25.1 Å². The van der Waals surface area contributed by atoms with Gasteiger partial charge in [-0.05, 0) is 73.2 Å². The van der Waals surface area contributed by atoms with E-state index in [4.69, 9.17) is 0 Å². The van der Waals surface area contributed by atoms with E-state index < -0.39 is 27.8 Å². The molecule has 3 aliphatic heterocycles. The first-order valence-corrected chi connectivity index (χ1v) is 14.2. The highest BCUT2D eigenvalue weighted by atomic mass is 32.2. The number of hydrogen-bond donors (Lipinski definition) is 2. The number of piperidine rings is 2. The van der Waals surface area contributed by atoms with Crippen molar-refractivity contribution in [2.24, 2.45) is 0 Å². The first-order chi connectivity index (χ1) is 17.6. The number of anilines is 1. The standard InChI is InChI=1S/C26H29FN4O5S/c1-37(35,36)29-22-5-3-2-4-17(22)14-30-10-8-16(9-11-30)19-12-18(27)13-20-21(19)15-31(26(20)34)23-6-7-24(32)28-25(23)33/h2-5,12-13,16,23,29H,6-11,14-15H2,1H3,(H,28,32,33). The molecule has 0 aliphatic carbocycles. The number of likely N-dealkylation sites (tertiary alicyclic amines) is 1. The van der Waals surface area contributed by atoms with Gasteiger partial charge in [0.15, 0.2) is 0 Å². The van der Waals surface area contributed by atoms with Crippen LogP contribution in [-0.4, -0.2) is 61.3 Å². The summed E-state index contributed by atoms with van der Waals surface area (Å²) in [6.45, 7) is 2.26. The SMILES string of the molecule is CS(=O)(=O)Nc1ccccc1CN1CCC(c2cc(F)cc3c2CN(C2CCC(=O)NC2=O)C3=O)CC1. The van der Waals surface area contributed by atoms with E-state index in [1.807, 2.05) is 12.1 Å². The summed E-state index contributed by atoms with van der Waals surface area (Å²) in [6, 6.07) is 9.30. The number of carbonyl (C=O) groups is 3. The highest BCUT2D eigenvalue weighted by Gasteiger charge is 2.41. The summed E-state index contributed by atoms with van der Waals surface area (Å²) in [5.74, 6) is -1.63. The second-order valence-electron chi connectivity index (χ2n) is 10.0. The van der Waals surface area contributed by atoms with Crippen LogP contribution in [0.1, 0.15) is 58.6 Å². The summed E-state index contributed by atoms with van der Waals surface area (Å²) < 4.78 is 40.7. The normalized spacial score (nSPS) is 21.2. The van der Waals surface area contributed by atoms with E-state index in [0.29, 0.717) is 17.8 Å². The molecule has 1 unspecified atom stereocenters. The predicted octanol–water partition coefficient (Wildman–Crippen LogP) is 2.34. The third-order valence-corrected chi connectivity index (χ3v) is 7.98. The number of rotatable bonds is 6. The van der Waals surface area contributed by atoms with Crippen LogP contribution in [0.5, 0.6) is 0 Å². The lowest BCUT2D eigenvalue weighted by atomic mass is 9.85. The Bertz CT molecular complexity index is 1370. The summed E-state index contributed by atoms with van der Waals surface area (Å²) in [5.41, 5.74) is 3.29. The fraction of sp³-hybridized carbons (Fsp3) is 0.423. The van der Waals surface area contributed by atoms with E-state index in [1.54, 1.807) is 12.1 Å². The van der Waals surface area contributed by atoms with Crippen LogP contribution in [-0.2, 0) is 32.7 Å². The Morgan fingerprint density at radius 1 is 1.08 bits per heavy atom. The molecule has 37 heavy (non-hydrogen) atoms. The fourth-order valence-electron chi connectivity index (χ4n) is 5.62. The molecule has 0 spiro atoms. The molecule has 5 rings (SSSR count). The summed E-state index contributed by atoms with van der Waals surface area (Å²) in [4.78, 5) is 40.8. The summed E-state index contributed by atoms with van der Waals surface area (Å²) >= 11 is 0. The Kier molecular flexibility index (Phi) is 6.76. The minimum atomic E-state index is -3.40. The molecule has 3 aliphatic rings. The number of imide groups is 1. The summed E-state index contributed by atoms with van der Waals surface area (Å²) in [5, 5.41) is 2.29. The maximum Gasteiger partial charge on any atom is 0.255 e. The molecule has 2 fully saturated rings. The third-order valence-electron chi connectivity index (χ3n) is 7.39. The Morgan fingerprint density at radius 3 is 2.51 bits per heavy atom. The molecule has 9 nitrogen and oxygen atoms in total. The molecule has 0 saturated carbocycles. The van der Waals surface area contributed by atoms with Crippen LogP contribution >= 0.6 is 0 Å². The van der Waals surface area contributed by atoms with Crippen LogP contribution < -0.4 is 10.0 Å². The molecule has 2 N–H and O–H groups in total. The summed E-state index contributed by atoms with van der Waals surface area (Å²) in [7, 11) is -3.40. The van der Waals surface area contributed by atoms with Gasteiger partial charge in [-0.25, -0.2) is 12.8 Å². The number of nitrogens with zero attached hydrogens (tertiary/aromatic N) is 2. The van der Waals surface area contributed by atoms with Crippen molar-refractivity contribution in [1.29, 1.82) is 0 Å². The van der Waals surface area contributed by atoms with E-state index in [1.165, 1.54) is 17.0 Å². The number of amides is 3. The number of benzene rings is 2. The lowest BCUT2D eigenvalue weighted by Gasteiger charge is -2.33. The van der Waals surface area contributed by atoms with Crippen LogP contribution in [0.4, 0.5) is 10.1 Å². The van der Waals surface area contributed by atoms with Crippen molar-refractivity contribution in [2.45, 2.75) is 50.7 Å². The maximum atomic E-state index is 14.6. The maximum absolute atomic E-state index is 14.6. The molecule has 1 atom stereocenters. The molecular formula is C26H29FN4O5S. The number of fused-ring (bicyclic) bond motifs is 1. The second kappa shape index (κ2) is 9.86. The van der Waals surface area contributed by atoms with E-state index in [0.717, 1.165) is 48.9 Å². The van der Waals surface area contributed by atoms with Crippen LogP contribution in [0.2, 0.25) is 0 Å². The van der Waals surface area contributed by atoms with E-state index in [2.05, 4.69) is 14.9 Å². The molecule has 196 valence electrons. The van der Waals surface area contributed by atoms with Gasteiger partial charge < -0.3 is 4.90 Å². The molecule has 2 aromatic carbocycles. The lowest BCUT2D eigenvalue weighted by molar-refractivity contribution is -0.136. The average Bonchev–Trinajstić information content (AvgIpc) is 3.15. The molecule has 0 bridgehead atoms. The van der Waals surface area contributed by atoms with Crippen molar-refractivity contribution < 1.29 is 27.2 Å². The van der Waals surface area contributed by atoms with Crippen LogP contribution in [0.15, 0.2) is 36.4 Å². The van der Waals surface area contributed by atoms with Crippen LogP contribution in [0.3, 0.4) is 0 Å². The largest absolute Gasteiger partial charge is 0.322 e. The van der Waals surface area contributed by atoms with Crippen molar-refractivity contribution in [1.82, 2.24) is 15.1 Å². The minimum Gasteiger partial charge on any atom is -0.322 e. The van der Waals surface area contributed by atoms with E-state index >= 15 is 0 Å². The molecule has 3 heterocycles. The van der Waals surface area contributed by atoms with E-state index in [9.17, 15) is 27.2 Å². The van der Waals surface area contributed by atoms with Crippen molar-refractivity contribution in [2.75, 3.05) is 24.1 Å². The van der Waals surface area contributed by atoms with Gasteiger partial charge in [0.05, 0.1) is 11.9 Å².